The lowest BCUT2D eigenvalue weighted by molar-refractivity contribution is 0.481. The first-order valence-electron chi connectivity index (χ1n) is 7.02. The van der Waals surface area contributed by atoms with E-state index in [1.165, 1.54) is 29.8 Å². The molecule has 0 bridgehead atoms. The molecule has 1 unspecified atom stereocenters. The first-order chi connectivity index (χ1) is 8.62. The average molecular weight is 267 g/mol. The molecule has 0 saturated carbocycles. The zero-order chi connectivity index (χ0) is 13.0. The molecule has 18 heavy (non-hydrogen) atoms. The Morgan fingerprint density at radius 2 is 2.39 bits per heavy atom. The normalized spacial score (nSPS) is 20.5. The SMILES string of the molecule is CCCC(C)(C)c1cc(CNC2CCNC2)ns1. The summed E-state index contributed by atoms with van der Waals surface area (Å²) in [5.41, 5.74) is 1.48. The van der Waals surface area contributed by atoms with Crippen LogP contribution in [0.1, 0.15) is 50.6 Å². The Morgan fingerprint density at radius 1 is 1.56 bits per heavy atom. The zero-order valence-electron chi connectivity index (χ0n) is 11.8. The van der Waals surface area contributed by atoms with E-state index in [-0.39, 0.29) is 5.41 Å². The van der Waals surface area contributed by atoms with Gasteiger partial charge in [-0.25, -0.2) is 0 Å². The molecule has 0 spiro atoms. The Labute approximate surface area is 115 Å². The van der Waals surface area contributed by atoms with Crippen LogP contribution in [0.4, 0.5) is 0 Å². The van der Waals surface area contributed by atoms with Gasteiger partial charge in [-0.15, -0.1) is 0 Å². The maximum Gasteiger partial charge on any atom is 0.0683 e. The molecular formula is C14H25N3S. The third kappa shape index (κ3) is 3.53. The molecule has 1 saturated heterocycles. The third-order valence-electron chi connectivity index (χ3n) is 3.73. The predicted molar refractivity (Wildman–Crippen MR) is 78.2 cm³/mol. The Balaban J connectivity index is 1.89. The number of aromatic nitrogens is 1. The molecule has 2 heterocycles. The van der Waals surface area contributed by atoms with Gasteiger partial charge in [-0.1, -0.05) is 27.2 Å². The van der Waals surface area contributed by atoms with Gasteiger partial charge in [-0.05, 0) is 37.0 Å². The molecule has 102 valence electrons. The second-order valence-electron chi connectivity index (χ2n) is 5.89. The van der Waals surface area contributed by atoms with Crippen molar-refractivity contribution in [2.45, 2.75) is 58.0 Å². The minimum atomic E-state index is 0.277. The van der Waals surface area contributed by atoms with Gasteiger partial charge >= 0.3 is 0 Å². The molecule has 2 N–H and O–H groups in total. The number of rotatable bonds is 6. The fraction of sp³-hybridized carbons (Fsp3) is 0.786. The minimum absolute atomic E-state index is 0.277. The van der Waals surface area contributed by atoms with Crippen molar-refractivity contribution < 1.29 is 0 Å². The van der Waals surface area contributed by atoms with Crippen LogP contribution in [0.15, 0.2) is 6.07 Å². The molecule has 0 aliphatic carbocycles. The Bertz CT molecular complexity index is 367. The highest BCUT2D eigenvalue weighted by Gasteiger charge is 2.22. The van der Waals surface area contributed by atoms with Crippen LogP contribution in [0.3, 0.4) is 0 Å². The first kappa shape index (κ1) is 14.0. The number of nitrogens with zero attached hydrogens (tertiary/aromatic N) is 1. The van der Waals surface area contributed by atoms with Crippen LogP contribution in [0.5, 0.6) is 0 Å². The van der Waals surface area contributed by atoms with Gasteiger partial charge in [0.1, 0.15) is 0 Å². The molecule has 1 aromatic heterocycles. The van der Waals surface area contributed by atoms with E-state index in [1.807, 2.05) is 0 Å². The van der Waals surface area contributed by atoms with Crippen LogP contribution in [-0.2, 0) is 12.0 Å². The van der Waals surface area contributed by atoms with Crippen LogP contribution >= 0.6 is 11.5 Å². The fourth-order valence-corrected chi connectivity index (χ4v) is 3.41. The van der Waals surface area contributed by atoms with Crippen molar-refractivity contribution in [2.75, 3.05) is 13.1 Å². The van der Waals surface area contributed by atoms with E-state index in [4.69, 9.17) is 0 Å². The quantitative estimate of drug-likeness (QED) is 0.832. The molecule has 1 aromatic rings. The molecule has 1 fully saturated rings. The van der Waals surface area contributed by atoms with Crippen LogP contribution < -0.4 is 10.6 Å². The fourth-order valence-electron chi connectivity index (χ4n) is 2.54. The van der Waals surface area contributed by atoms with Crippen molar-refractivity contribution in [3.63, 3.8) is 0 Å². The molecule has 1 aliphatic rings. The lowest BCUT2D eigenvalue weighted by atomic mass is 9.86. The van der Waals surface area contributed by atoms with Gasteiger partial charge in [0.15, 0.2) is 0 Å². The summed E-state index contributed by atoms with van der Waals surface area (Å²) in [7, 11) is 0. The van der Waals surface area contributed by atoms with Crippen LogP contribution in [0, 0.1) is 0 Å². The van der Waals surface area contributed by atoms with Gasteiger partial charge in [-0.3, -0.25) is 0 Å². The largest absolute Gasteiger partial charge is 0.315 e. The monoisotopic (exact) mass is 267 g/mol. The molecule has 0 amide bonds. The van der Waals surface area contributed by atoms with Crippen LogP contribution in [-0.4, -0.2) is 23.5 Å². The van der Waals surface area contributed by atoms with Crippen molar-refractivity contribution in [3.8, 4) is 0 Å². The van der Waals surface area contributed by atoms with Crippen LogP contribution in [0.25, 0.3) is 0 Å². The summed E-state index contributed by atoms with van der Waals surface area (Å²) in [6.45, 7) is 10.0. The second kappa shape index (κ2) is 6.13. The highest BCUT2D eigenvalue weighted by Crippen LogP contribution is 2.31. The highest BCUT2D eigenvalue weighted by atomic mass is 32.1. The lowest BCUT2D eigenvalue weighted by Crippen LogP contribution is -2.30. The molecule has 1 aliphatic heterocycles. The standard InChI is InChI=1S/C14H25N3S/c1-4-6-14(2,3)13-8-12(17-18-13)10-16-11-5-7-15-9-11/h8,11,15-16H,4-7,9-10H2,1-3H3. The Hall–Kier alpha value is -0.450. The molecule has 1 atom stereocenters. The van der Waals surface area contributed by atoms with Crippen LogP contribution in [0.2, 0.25) is 0 Å². The molecule has 0 aromatic carbocycles. The first-order valence-corrected chi connectivity index (χ1v) is 7.79. The summed E-state index contributed by atoms with van der Waals surface area (Å²) in [6, 6.07) is 2.91. The molecule has 2 rings (SSSR count). The third-order valence-corrected chi connectivity index (χ3v) is 4.93. The van der Waals surface area contributed by atoms with E-state index in [2.05, 4.69) is 41.8 Å². The van der Waals surface area contributed by atoms with E-state index >= 15 is 0 Å². The molecule has 0 radical (unpaired) electrons. The van der Waals surface area contributed by atoms with Gasteiger partial charge in [-0.2, -0.15) is 4.37 Å². The summed E-state index contributed by atoms with van der Waals surface area (Å²) in [5, 5.41) is 6.95. The van der Waals surface area contributed by atoms with E-state index in [0.29, 0.717) is 6.04 Å². The Kier molecular flexibility index (Phi) is 4.76. The van der Waals surface area contributed by atoms with E-state index < -0.39 is 0 Å². The van der Waals surface area contributed by atoms with Gasteiger partial charge in [0.25, 0.3) is 0 Å². The number of nitrogens with one attached hydrogen (secondary N) is 2. The maximum absolute atomic E-state index is 4.58. The van der Waals surface area contributed by atoms with E-state index in [0.717, 1.165) is 19.6 Å². The predicted octanol–water partition coefficient (Wildman–Crippen LogP) is 2.67. The topological polar surface area (TPSA) is 37.0 Å². The summed E-state index contributed by atoms with van der Waals surface area (Å²) in [5.74, 6) is 0. The number of hydrogen-bond acceptors (Lipinski definition) is 4. The van der Waals surface area contributed by atoms with Crippen molar-refractivity contribution in [1.29, 1.82) is 0 Å². The van der Waals surface area contributed by atoms with Crippen molar-refractivity contribution >= 4 is 11.5 Å². The zero-order valence-corrected chi connectivity index (χ0v) is 12.6. The van der Waals surface area contributed by atoms with Gasteiger partial charge in [0, 0.05) is 29.4 Å². The van der Waals surface area contributed by atoms with E-state index in [9.17, 15) is 0 Å². The highest BCUT2D eigenvalue weighted by molar-refractivity contribution is 7.06. The van der Waals surface area contributed by atoms with Gasteiger partial charge < -0.3 is 10.6 Å². The van der Waals surface area contributed by atoms with Crippen molar-refractivity contribution in [1.82, 2.24) is 15.0 Å². The number of hydrogen-bond donors (Lipinski definition) is 2. The minimum Gasteiger partial charge on any atom is -0.315 e. The molecular weight excluding hydrogens is 242 g/mol. The van der Waals surface area contributed by atoms with Gasteiger partial charge in [0.2, 0.25) is 0 Å². The lowest BCUT2D eigenvalue weighted by Gasteiger charge is -2.21. The smallest absolute Gasteiger partial charge is 0.0683 e. The summed E-state index contributed by atoms with van der Waals surface area (Å²) >= 11 is 1.67. The summed E-state index contributed by atoms with van der Waals surface area (Å²) < 4.78 is 4.58. The Morgan fingerprint density at radius 3 is 3.06 bits per heavy atom. The van der Waals surface area contributed by atoms with E-state index in [1.54, 1.807) is 11.5 Å². The van der Waals surface area contributed by atoms with Gasteiger partial charge in [0.05, 0.1) is 5.69 Å². The maximum atomic E-state index is 4.58. The summed E-state index contributed by atoms with van der Waals surface area (Å²) in [6.07, 6.45) is 3.69. The van der Waals surface area contributed by atoms with Crippen molar-refractivity contribution in [2.24, 2.45) is 0 Å². The molecule has 4 heteroatoms. The second-order valence-corrected chi connectivity index (χ2v) is 6.69. The average Bonchev–Trinajstić information content (AvgIpc) is 2.98. The van der Waals surface area contributed by atoms with Crippen molar-refractivity contribution in [3.05, 3.63) is 16.6 Å². The summed E-state index contributed by atoms with van der Waals surface area (Å²) in [4.78, 5) is 1.42. The molecule has 3 nitrogen and oxygen atoms in total.